The molecule has 0 saturated carbocycles. The number of halogens is 4. The topological polar surface area (TPSA) is 267 Å². The molecule has 0 spiro atoms. The van der Waals surface area contributed by atoms with E-state index < -0.39 is 92.4 Å². The van der Waals surface area contributed by atoms with Gasteiger partial charge < -0.3 is 14.8 Å². The second-order valence-electron chi connectivity index (χ2n) is 39.3. The Morgan fingerprint density at radius 3 is 1.39 bits per heavy atom. The van der Waals surface area contributed by atoms with E-state index in [1.165, 1.54) is 85.8 Å². The number of para-hydroxylation sites is 1. The van der Waals surface area contributed by atoms with Gasteiger partial charge in [0.15, 0.2) is 55.0 Å². The molecule has 0 radical (unpaired) electrons. The van der Waals surface area contributed by atoms with Gasteiger partial charge in [0.2, 0.25) is 0 Å². The minimum absolute atomic E-state index is 0.0830. The number of carbonyl (C=O) groups excluding carboxylic acids is 3. The number of aryl methyl sites for hydroxylation is 2. The van der Waals surface area contributed by atoms with Crippen LogP contribution in [0.3, 0.4) is 0 Å². The average Bonchev–Trinajstić information content (AvgIpc) is 1.58. The number of Topliss-reactive ketones (excluding diaryl/α,β-unsaturated/α-hetero) is 3. The van der Waals surface area contributed by atoms with E-state index in [0.717, 1.165) is 46.5 Å². The summed E-state index contributed by atoms with van der Waals surface area (Å²) in [4.78, 5) is 41.2. The summed E-state index contributed by atoms with van der Waals surface area (Å²) < 4.78 is 160. The lowest BCUT2D eigenvalue weighted by Crippen LogP contribution is -2.29. The van der Waals surface area contributed by atoms with E-state index in [4.69, 9.17) is 16.3 Å². The Kier molecular flexibility index (Phi) is 42.1. The largest absolute Gasteiger partial charge is 0.497 e. The summed E-state index contributed by atoms with van der Waals surface area (Å²) in [6.45, 7) is 44.5. The Morgan fingerprint density at radius 2 is 0.921 bits per heavy atom. The normalized spacial score (nSPS) is 12.7. The Balaban J connectivity index is 0.000000376. The van der Waals surface area contributed by atoms with Crippen molar-refractivity contribution >= 4 is 100 Å². The zero-order valence-electron chi connectivity index (χ0n) is 78.6. The Morgan fingerprint density at radius 1 is 0.457 bits per heavy atom. The van der Waals surface area contributed by atoms with Crippen LogP contribution in [-0.4, -0.2) is 108 Å². The SMILES string of the molecule is CC(C)(C)C(=O)CCc1c[nH]c2ccccc12.CC(C)(C)C(=O)CS(=O)(=O)c1ccccc1.CC(C)(C)CC(O)CS(=O)(=O)c1ccccc1Cl.CC(C)(C)CCc1cccs1.CC(C)(C)S(=O)(=O)Cc1cccc(C(F)(F)F)c1.CC(C)(C)S(=O)(=O)c1ccc(-c2ccccc2)cc1.CC(C)(C)S(=O)(=O)c1ccccc1.COc1cccc(CC(=O)C(C)(C)C)c1. The lowest BCUT2D eigenvalue weighted by atomic mass is 9.87. The molecule has 698 valence electrons. The number of methoxy groups -OCH3 is 1. The minimum atomic E-state index is -4.46. The molecule has 2 N–H and O–H groups in total. The number of sulfone groups is 5. The summed E-state index contributed by atoms with van der Waals surface area (Å²) in [7, 11) is -15.3. The number of carbonyl (C=O) groups is 3. The first-order valence-electron chi connectivity index (χ1n) is 41.8. The molecule has 1 unspecified atom stereocenters. The van der Waals surface area contributed by atoms with Gasteiger partial charge in [-0.1, -0.05) is 261 Å². The highest BCUT2D eigenvalue weighted by Gasteiger charge is 2.36. The highest BCUT2D eigenvalue weighted by molar-refractivity contribution is 7.93. The van der Waals surface area contributed by atoms with Crippen molar-refractivity contribution in [3.63, 3.8) is 0 Å². The number of hydrogen-bond donors (Lipinski definition) is 2. The molecule has 0 aliphatic carbocycles. The molecule has 2 heterocycles. The number of benzene rings is 8. The van der Waals surface area contributed by atoms with Crippen LogP contribution in [0, 0.1) is 27.1 Å². The molecule has 16 nitrogen and oxygen atoms in total. The fourth-order valence-corrected chi connectivity index (χ4v) is 18.7. The smallest absolute Gasteiger partial charge is 0.416 e. The fourth-order valence-electron chi connectivity index (χ4n) is 11.1. The minimum Gasteiger partial charge on any atom is -0.497 e. The van der Waals surface area contributed by atoms with E-state index in [1.54, 1.807) is 136 Å². The quantitative estimate of drug-likeness (QED) is 0.0718. The van der Waals surface area contributed by atoms with Gasteiger partial charge in [-0.15, -0.1) is 11.3 Å². The first-order chi connectivity index (χ1) is 58.0. The van der Waals surface area contributed by atoms with E-state index in [1.807, 2.05) is 165 Å². The molecule has 0 aliphatic rings. The second kappa shape index (κ2) is 47.4. The lowest BCUT2D eigenvalue weighted by molar-refractivity contribution is -0.137. The van der Waals surface area contributed by atoms with Crippen LogP contribution in [0.5, 0.6) is 5.75 Å². The van der Waals surface area contributed by atoms with Crippen LogP contribution in [0.25, 0.3) is 22.0 Å². The van der Waals surface area contributed by atoms with Crippen molar-refractivity contribution < 1.29 is 79.5 Å². The van der Waals surface area contributed by atoms with Crippen LogP contribution < -0.4 is 4.74 Å². The van der Waals surface area contributed by atoms with Crippen molar-refractivity contribution in [2.24, 2.45) is 27.1 Å². The van der Waals surface area contributed by atoms with E-state index in [0.29, 0.717) is 40.3 Å². The number of alkyl halides is 3. The highest BCUT2D eigenvalue weighted by Crippen LogP contribution is 2.34. The predicted octanol–water partition coefficient (Wildman–Crippen LogP) is 24.9. The van der Waals surface area contributed by atoms with Crippen LogP contribution in [0.4, 0.5) is 13.2 Å². The third kappa shape index (κ3) is 39.4. The van der Waals surface area contributed by atoms with Gasteiger partial charge >= 0.3 is 6.18 Å². The fraction of sp³-hybridized carbons (Fsp3) is 0.436. The average molecular weight is 1890 g/mol. The van der Waals surface area contributed by atoms with Crippen molar-refractivity contribution in [3.05, 3.63) is 268 Å². The van der Waals surface area contributed by atoms with Gasteiger partial charge in [-0.25, -0.2) is 42.1 Å². The maximum Gasteiger partial charge on any atom is 0.416 e. The van der Waals surface area contributed by atoms with Gasteiger partial charge in [0.05, 0.1) is 69.1 Å². The summed E-state index contributed by atoms with van der Waals surface area (Å²) in [6, 6.07) is 64.5. The van der Waals surface area contributed by atoms with Crippen molar-refractivity contribution in [2.75, 3.05) is 18.6 Å². The van der Waals surface area contributed by atoms with E-state index in [2.05, 4.69) is 55.4 Å². The van der Waals surface area contributed by atoms with Crippen LogP contribution in [0.2, 0.25) is 5.02 Å². The van der Waals surface area contributed by atoms with E-state index in [-0.39, 0.29) is 59.7 Å². The van der Waals surface area contributed by atoms with E-state index >= 15 is 0 Å². The number of nitrogens with one attached hydrogen (secondary N) is 1. The molecule has 0 bridgehead atoms. The van der Waals surface area contributed by atoms with Crippen LogP contribution >= 0.6 is 22.9 Å². The Bertz CT molecular complexity index is 5710. The van der Waals surface area contributed by atoms with Crippen LogP contribution in [-0.2, 0) is 94.8 Å². The van der Waals surface area contributed by atoms with Crippen molar-refractivity contribution in [1.29, 1.82) is 0 Å². The Hall–Kier alpha value is -8.40. The number of rotatable bonds is 20. The van der Waals surface area contributed by atoms with Gasteiger partial charge in [0.25, 0.3) is 0 Å². The number of ether oxygens (including phenoxy) is 1. The van der Waals surface area contributed by atoms with Gasteiger partial charge in [-0.2, -0.15) is 13.2 Å². The predicted molar refractivity (Wildman–Crippen MR) is 517 cm³/mol. The molecule has 2 aromatic heterocycles. The number of aromatic amines is 1. The molecule has 127 heavy (non-hydrogen) atoms. The van der Waals surface area contributed by atoms with Gasteiger partial charge in [-0.05, 0) is 211 Å². The number of hydrogen-bond acceptors (Lipinski definition) is 16. The number of aliphatic hydroxyl groups is 1. The summed E-state index contributed by atoms with van der Waals surface area (Å²) in [5, 5.41) is 13.4. The number of fused-ring (bicyclic) bond motifs is 1. The van der Waals surface area contributed by atoms with Crippen molar-refractivity contribution in [3.8, 4) is 16.9 Å². The molecule has 0 aliphatic heterocycles. The Labute approximate surface area is 766 Å². The summed E-state index contributed by atoms with van der Waals surface area (Å²) in [5.41, 5.74) is 4.05. The molecular weight excluding hydrogens is 1750 g/mol. The highest BCUT2D eigenvalue weighted by atomic mass is 35.5. The van der Waals surface area contributed by atoms with Crippen molar-refractivity contribution in [2.45, 2.75) is 257 Å². The van der Waals surface area contributed by atoms with Crippen LogP contribution in [0.1, 0.15) is 213 Å². The molecule has 0 fully saturated rings. The molecule has 26 heteroatoms. The third-order valence-corrected chi connectivity index (χ3v) is 31.8. The second-order valence-corrected chi connectivity index (χ2v) is 52.8. The monoisotopic (exact) mass is 1890 g/mol. The maximum atomic E-state index is 12.5. The van der Waals surface area contributed by atoms with E-state index in [9.17, 15) is 74.8 Å². The first kappa shape index (κ1) is 113. The molecule has 0 amide bonds. The van der Waals surface area contributed by atoms with Crippen LogP contribution in [0.15, 0.2) is 256 Å². The third-order valence-electron chi connectivity index (χ3n) is 19.3. The van der Waals surface area contributed by atoms with Gasteiger partial charge in [0.1, 0.15) is 23.1 Å². The zero-order valence-corrected chi connectivity index (χ0v) is 84.2. The summed E-state index contributed by atoms with van der Waals surface area (Å²) in [5.74, 6) is -0.0151. The van der Waals surface area contributed by atoms with Gasteiger partial charge in [-0.3, -0.25) is 14.4 Å². The summed E-state index contributed by atoms with van der Waals surface area (Å²) >= 11 is 7.73. The number of H-pyrrole nitrogens is 1. The first-order valence-corrected chi connectivity index (χ1v) is 51.0. The molecule has 1 atom stereocenters. The lowest BCUT2D eigenvalue weighted by Gasteiger charge is -2.22. The van der Waals surface area contributed by atoms with Gasteiger partial charge in [0, 0.05) is 51.1 Å². The number of aromatic nitrogens is 1. The molecule has 0 saturated heterocycles. The molecular formula is C101H135ClF3NO15S6. The molecule has 8 aromatic carbocycles. The zero-order chi connectivity index (χ0) is 97.0. The molecule has 10 rings (SSSR count). The standard InChI is InChI=1S/C16H18O2S.C15H19NO.C13H19ClO3S.C13H18O2.C12H15F3O2S.C12H16O3S.C10H14O2S.C10H16S/c1-16(2,3)19(17,18)15-11-9-14(10-12-15)13-7-5-4-6-8-13;1-15(2,3)14(17)9-8-11-10-16-13-7-5-4-6-12(11)13;1-13(2,3)8-10(15)9-18(16,17)12-7-5-4-6-11(12)14;1-13(2,3)12(14)9-10-6-5-7-11(8-10)15-4;1-11(2,3)18(16,17)8-9-5-4-6-10(7-9)12(13,14)15;1-12(2,3)11(13)9-16(14,15)10-7-5-4-6-8-10;1-10(2,3)13(11,12)9-7-5-4-6-8-9;1-10(2,3)7-6-9-5-4-8-11-9/h4-12H,1-3H3;4-7,10,16H,8-9H2,1-3H3;4-7,10,15H,8-9H2,1-3H3;5-8H,9H2,1-4H3;4-7H,8H2,1-3H3;4-8H,9H2,1-3H3;4-8H,1-3H3;4-5,8H,6-7H2,1-3H3. The summed E-state index contributed by atoms with van der Waals surface area (Å²) in [6.07, 6.45) is 1.53. The number of ketones is 3. The number of thiophene rings is 1. The maximum absolute atomic E-state index is 12.5. The molecule has 10 aromatic rings. The van der Waals surface area contributed by atoms with Crippen molar-refractivity contribution in [1.82, 2.24) is 4.98 Å². The number of aliphatic hydroxyl groups excluding tert-OH is 1.